The normalized spacial score (nSPS) is 16.5. The maximum Gasteiger partial charge on any atom is 0.226 e. The van der Waals surface area contributed by atoms with Crippen LogP contribution in [0.1, 0.15) is 29.8 Å². The second-order valence-electron chi connectivity index (χ2n) is 6.99. The van der Waals surface area contributed by atoms with Gasteiger partial charge in [0.25, 0.3) is 0 Å². The monoisotopic (exact) mass is 353 g/mol. The number of carbonyl (C=O) groups excluding carboxylic acids is 1. The summed E-state index contributed by atoms with van der Waals surface area (Å²) in [6, 6.07) is 3.99. The van der Waals surface area contributed by atoms with Gasteiger partial charge < -0.3 is 14.4 Å². The van der Waals surface area contributed by atoms with Gasteiger partial charge in [-0.2, -0.15) is 0 Å². The lowest BCUT2D eigenvalue weighted by molar-refractivity contribution is -0.133. The molecule has 0 unspecified atom stereocenters. The van der Waals surface area contributed by atoms with Crippen LogP contribution < -0.4 is 9.47 Å². The Hall–Kier alpha value is -2.63. The van der Waals surface area contributed by atoms with Gasteiger partial charge in [-0.3, -0.25) is 9.78 Å². The number of fused-ring (bicyclic) bond motifs is 1. The highest BCUT2D eigenvalue weighted by Crippen LogP contribution is 2.39. The average Bonchev–Trinajstić information content (AvgIpc) is 3.48. The first-order valence-corrected chi connectivity index (χ1v) is 9.00. The van der Waals surface area contributed by atoms with Gasteiger partial charge in [0.2, 0.25) is 5.91 Å². The van der Waals surface area contributed by atoms with Crippen LogP contribution in [0.2, 0.25) is 0 Å². The van der Waals surface area contributed by atoms with Gasteiger partial charge in [0.1, 0.15) is 6.61 Å². The Bertz CT molecular complexity index is 862. The van der Waals surface area contributed by atoms with Crippen molar-refractivity contribution in [3.63, 3.8) is 0 Å². The Morgan fingerprint density at radius 1 is 1.31 bits per heavy atom. The van der Waals surface area contributed by atoms with Crippen molar-refractivity contribution in [3.05, 3.63) is 35.3 Å². The second kappa shape index (κ2) is 6.59. The van der Waals surface area contributed by atoms with Crippen LogP contribution in [0.3, 0.4) is 0 Å². The summed E-state index contributed by atoms with van der Waals surface area (Å²) in [6.07, 6.45) is 3.77. The predicted octanol–water partition coefficient (Wildman–Crippen LogP) is 2.90. The molecule has 1 aromatic carbocycles. The lowest BCUT2D eigenvalue weighted by atomic mass is 10.0. The van der Waals surface area contributed by atoms with Gasteiger partial charge in [0.15, 0.2) is 11.5 Å². The molecule has 26 heavy (non-hydrogen) atoms. The van der Waals surface area contributed by atoms with E-state index in [4.69, 9.17) is 9.47 Å². The number of benzene rings is 1. The topological polar surface area (TPSA) is 64.6 Å². The molecule has 0 bridgehead atoms. The third kappa shape index (κ3) is 3.11. The smallest absolute Gasteiger partial charge is 0.226 e. The Morgan fingerprint density at radius 2 is 2.12 bits per heavy atom. The maximum atomic E-state index is 12.5. The summed E-state index contributed by atoms with van der Waals surface area (Å²) < 4.78 is 11.5. The molecule has 6 heteroatoms. The summed E-state index contributed by atoms with van der Waals surface area (Å²) in [5, 5.41) is 0. The van der Waals surface area contributed by atoms with Gasteiger partial charge in [0, 0.05) is 29.8 Å². The number of hydrogen-bond donors (Lipinski definition) is 0. The first-order valence-electron chi connectivity index (χ1n) is 9.00. The quantitative estimate of drug-likeness (QED) is 0.849. The molecule has 0 N–H and O–H groups in total. The van der Waals surface area contributed by atoms with E-state index in [-0.39, 0.29) is 11.8 Å². The Morgan fingerprint density at radius 3 is 2.85 bits per heavy atom. The first-order chi connectivity index (χ1) is 12.6. The van der Waals surface area contributed by atoms with Crippen molar-refractivity contribution < 1.29 is 14.3 Å². The van der Waals surface area contributed by atoms with Gasteiger partial charge >= 0.3 is 0 Å². The third-order valence-electron chi connectivity index (χ3n) is 4.91. The molecule has 0 atom stereocenters. The fraction of sp³-hybridized carbons (Fsp3) is 0.450. The fourth-order valence-corrected chi connectivity index (χ4v) is 3.36. The van der Waals surface area contributed by atoms with Crippen LogP contribution in [-0.2, 0) is 11.3 Å². The molecule has 2 heterocycles. The molecule has 4 rings (SSSR count). The van der Waals surface area contributed by atoms with Gasteiger partial charge in [0.05, 0.1) is 30.7 Å². The minimum atomic E-state index is 0.200. The van der Waals surface area contributed by atoms with Crippen LogP contribution in [0.25, 0.3) is 11.3 Å². The van der Waals surface area contributed by atoms with Crippen molar-refractivity contribution in [1.29, 1.82) is 0 Å². The van der Waals surface area contributed by atoms with Crippen LogP contribution in [-0.4, -0.2) is 41.0 Å². The number of aromatic nitrogens is 2. The van der Waals surface area contributed by atoms with Crippen molar-refractivity contribution in [2.24, 2.45) is 5.92 Å². The summed E-state index contributed by atoms with van der Waals surface area (Å²) in [5.41, 5.74) is 4.43. The van der Waals surface area contributed by atoms with E-state index < -0.39 is 0 Å². The fourth-order valence-electron chi connectivity index (χ4n) is 3.36. The summed E-state index contributed by atoms with van der Waals surface area (Å²) in [4.78, 5) is 23.5. The molecule has 0 spiro atoms. The maximum absolute atomic E-state index is 12.5. The number of aryl methyl sites for hydroxylation is 2. The van der Waals surface area contributed by atoms with Gasteiger partial charge in [-0.15, -0.1) is 0 Å². The molecule has 1 amide bonds. The molecule has 1 fully saturated rings. The lowest BCUT2D eigenvalue weighted by Gasteiger charge is -2.20. The van der Waals surface area contributed by atoms with Crippen LogP contribution >= 0.6 is 0 Å². The molecular formula is C20H23N3O3. The lowest BCUT2D eigenvalue weighted by Crippen LogP contribution is -2.33. The number of nitrogens with zero attached hydrogens (tertiary/aromatic N) is 3. The molecule has 0 saturated heterocycles. The van der Waals surface area contributed by atoms with Crippen molar-refractivity contribution in [3.8, 4) is 22.8 Å². The highest BCUT2D eigenvalue weighted by Gasteiger charge is 2.34. The van der Waals surface area contributed by atoms with E-state index in [1.807, 2.05) is 30.9 Å². The average molecular weight is 353 g/mol. The second-order valence-corrected chi connectivity index (χ2v) is 6.99. The SMILES string of the molecule is COc1cc(-c2nc(C)cnc2C)cc2c1OCCN(C(=O)C1CC1)C2. The number of carbonyl (C=O) groups is 1. The zero-order valence-corrected chi connectivity index (χ0v) is 15.4. The largest absolute Gasteiger partial charge is 0.493 e. The highest BCUT2D eigenvalue weighted by molar-refractivity contribution is 5.81. The van der Waals surface area contributed by atoms with E-state index in [1.165, 1.54) is 0 Å². The van der Waals surface area contributed by atoms with Crippen LogP contribution in [0, 0.1) is 19.8 Å². The number of amides is 1. The summed E-state index contributed by atoms with van der Waals surface area (Å²) in [6.45, 7) is 5.48. The molecule has 1 aliphatic heterocycles. The molecule has 6 nitrogen and oxygen atoms in total. The molecule has 136 valence electrons. The predicted molar refractivity (Wildman–Crippen MR) is 97.1 cm³/mol. The van der Waals surface area contributed by atoms with E-state index in [9.17, 15) is 4.79 Å². The minimum absolute atomic E-state index is 0.200. The zero-order chi connectivity index (χ0) is 18.3. The molecule has 1 aliphatic carbocycles. The van der Waals surface area contributed by atoms with E-state index in [0.29, 0.717) is 25.4 Å². The summed E-state index contributed by atoms with van der Waals surface area (Å²) in [5.74, 6) is 1.82. The van der Waals surface area contributed by atoms with Crippen molar-refractivity contribution in [2.75, 3.05) is 20.3 Å². The number of ether oxygens (including phenoxy) is 2. The van der Waals surface area contributed by atoms with Crippen molar-refractivity contribution >= 4 is 5.91 Å². The zero-order valence-electron chi connectivity index (χ0n) is 15.4. The number of rotatable bonds is 3. The Balaban J connectivity index is 1.77. The minimum Gasteiger partial charge on any atom is -0.493 e. The molecule has 2 aromatic rings. The van der Waals surface area contributed by atoms with E-state index in [0.717, 1.165) is 46.8 Å². The third-order valence-corrected chi connectivity index (χ3v) is 4.91. The molecule has 1 saturated carbocycles. The van der Waals surface area contributed by atoms with Crippen molar-refractivity contribution in [2.45, 2.75) is 33.2 Å². The van der Waals surface area contributed by atoms with Crippen molar-refractivity contribution in [1.82, 2.24) is 14.9 Å². The molecule has 0 radical (unpaired) electrons. The van der Waals surface area contributed by atoms with Crippen LogP contribution in [0.15, 0.2) is 18.3 Å². The summed E-state index contributed by atoms with van der Waals surface area (Å²) in [7, 11) is 1.63. The van der Waals surface area contributed by atoms with E-state index in [1.54, 1.807) is 13.3 Å². The van der Waals surface area contributed by atoms with E-state index >= 15 is 0 Å². The number of hydrogen-bond acceptors (Lipinski definition) is 5. The van der Waals surface area contributed by atoms with E-state index in [2.05, 4.69) is 9.97 Å². The Labute approximate surface area is 153 Å². The first kappa shape index (κ1) is 16.8. The Kier molecular flexibility index (Phi) is 4.26. The number of methoxy groups -OCH3 is 1. The van der Waals surface area contributed by atoms with Gasteiger partial charge in [-0.1, -0.05) is 0 Å². The highest BCUT2D eigenvalue weighted by atomic mass is 16.5. The molecular weight excluding hydrogens is 330 g/mol. The van der Waals surface area contributed by atoms with Crippen LogP contribution in [0.5, 0.6) is 11.5 Å². The summed E-state index contributed by atoms with van der Waals surface area (Å²) >= 11 is 0. The van der Waals surface area contributed by atoms with Gasteiger partial charge in [-0.05, 0) is 38.8 Å². The molecule has 2 aliphatic rings. The van der Waals surface area contributed by atoms with Crippen LogP contribution in [0.4, 0.5) is 0 Å². The van der Waals surface area contributed by atoms with Gasteiger partial charge in [-0.25, -0.2) is 4.98 Å². The standard InChI is InChI=1S/C20H23N3O3/c1-12-10-21-13(2)18(22-12)15-8-16-11-23(20(24)14-4-5-14)6-7-26-19(16)17(9-15)25-3/h8-10,14H,4-7,11H2,1-3H3. The molecule has 1 aromatic heterocycles.